The van der Waals surface area contributed by atoms with Gasteiger partial charge in [-0.1, -0.05) is 12.1 Å². The highest BCUT2D eigenvalue weighted by Gasteiger charge is 2.07. The second-order valence-electron chi connectivity index (χ2n) is 4.97. The van der Waals surface area contributed by atoms with Crippen molar-refractivity contribution in [2.45, 2.75) is 13.5 Å². The third kappa shape index (κ3) is 10.1. The van der Waals surface area contributed by atoms with E-state index in [1.54, 1.807) is 31.2 Å². The highest BCUT2D eigenvalue weighted by Crippen LogP contribution is 2.25. The molecule has 1 aromatic heterocycles. The third-order valence-electron chi connectivity index (χ3n) is 2.82. The summed E-state index contributed by atoms with van der Waals surface area (Å²) in [5, 5.41) is 5.57. The first-order chi connectivity index (χ1) is 12.6. The van der Waals surface area contributed by atoms with Crippen molar-refractivity contribution >= 4 is 31.2 Å². The Kier molecular flexibility index (Phi) is 8.63. The van der Waals surface area contributed by atoms with Crippen molar-refractivity contribution in [3.63, 3.8) is 0 Å². The van der Waals surface area contributed by atoms with Crippen molar-refractivity contribution in [2.24, 2.45) is 0 Å². The van der Waals surface area contributed by atoms with Gasteiger partial charge in [0.05, 0.1) is 12.3 Å². The van der Waals surface area contributed by atoms with Crippen LogP contribution in [0.5, 0.6) is 0 Å². The van der Waals surface area contributed by atoms with Crippen molar-refractivity contribution in [1.82, 2.24) is 4.98 Å². The van der Waals surface area contributed by atoms with Gasteiger partial charge in [0.1, 0.15) is 17.5 Å². The van der Waals surface area contributed by atoms with E-state index in [9.17, 15) is 9.18 Å². The van der Waals surface area contributed by atoms with Gasteiger partial charge >= 0.3 is 13.9 Å². The fourth-order valence-corrected chi connectivity index (χ4v) is 1.75. The molecule has 0 saturated heterocycles. The number of amides is 1. The molecule has 27 heavy (non-hydrogen) atoms. The van der Waals surface area contributed by atoms with E-state index in [1.807, 2.05) is 0 Å². The molecule has 0 aliphatic heterocycles. The predicted octanol–water partition coefficient (Wildman–Crippen LogP) is 2.05. The average Bonchev–Trinajstić information content (AvgIpc) is 2.55. The van der Waals surface area contributed by atoms with Gasteiger partial charge in [-0.05, 0) is 36.8 Å². The van der Waals surface area contributed by atoms with Crippen LogP contribution < -0.4 is 16.4 Å². The molecule has 1 heterocycles. The Morgan fingerprint density at radius 1 is 1.22 bits per heavy atom. The smallest absolute Gasteiger partial charge is 0.450 e. The molecule has 0 bridgehead atoms. The molecule has 148 valence electrons. The molecule has 2 aromatic rings. The lowest BCUT2D eigenvalue weighted by Crippen LogP contribution is -2.15. The van der Waals surface area contributed by atoms with Crippen molar-refractivity contribution in [3.8, 4) is 0 Å². The summed E-state index contributed by atoms with van der Waals surface area (Å²) in [6, 6.07) is 9.47. The summed E-state index contributed by atoms with van der Waals surface area (Å²) in [6.07, 6.45) is -0.581. The number of anilines is 3. The maximum absolute atomic E-state index is 12.8. The minimum absolute atomic E-state index is 0.178. The molecular weight excluding hydrogens is 382 g/mol. The number of pyridine rings is 1. The summed E-state index contributed by atoms with van der Waals surface area (Å²) >= 11 is 0. The number of nitrogens with zero attached hydrogens (tertiary/aromatic N) is 1. The van der Waals surface area contributed by atoms with E-state index >= 15 is 0 Å². The third-order valence-corrected chi connectivity index (χ3v) is 2.82. The lowest BCUT2D eigenvalue weighted by Gasteiger charge is -2.10. The number of carbonyl (C=O) groups excluding carboxylic acids is 1. The molecule has 0 spiro atoms. The van der Waals surface area contributed by atoms with Gasteiger partial charge < -0.3 is 30.5 Å². The number of benzene rings is 1. The number of hydrogen-bond donors (Lipinski definition) is 6. The van der Waals surface area contributed by atoms with Crippen LogP contribution in [0.4, 0.5) is 26.5 Å². The van der Waals surface area contributed by atoms with Crippen LogP contribution in [-0.2, 0) is 15.8 Å². The normalized spacial score (nSPS) is 10.4. The molecule has 0 aliphatic rings. The molecular formula is C15H20FN4O6P. The molecule has 0 saturated carbocycles. The van der Waals surface area contributed by atoms with E-state index in [4.69, 9.17) is 29.7 Å². The minimum Gasteiger partial charge on any atom is -0.450 e. The summed E-state index contributed by atoms with van der Waals surface area (Å²) in [7, 11) is -4.64. The number of nitrogen functional groups attached to an aromatic ring is 1. The number of phosphoric acid groups is 1. The molecule has 10 nitrogen and oxygen atoms in total. The number of nitrogens with one attached hydrogen (secondary N) is 2. The van der Waals surface area contributed by atoms with E-state index in [1.165, 1.54) is 12.1 Å². The van der Waals surface area contributed by atoms with E-state index in [0.717, 1.165) is 5.56 Å². The van der Waals surface area contributed by atoms with Crippen LogP contribution in [-0.4, -0.2) is 32.4 Å². The van der Waals surface area contributed by atoms with Crippen LogP contribution in [0.15, 0.2) is 36.4 Å². The molecule has 0 aliphatic carbocycles. The maximum Gasteiger partial charge on any atom is 0.466 e. The highest BCUT2D eigenvalue weighted by atomic mass is 31.2. The Hall–Kier alpha value is -2.72. The zero-order chi connectivity index (χ0) is 20.4. The highest BCUT2D eigenvalue weighted by molar-refractivity contribution is 7.45. The lowest BCUT2D eigenvalue weighted by atomic mass is 10.2. The monoisotopic (exact) mass is 402 g/mol. The molecule has 7 N–H and O–H groups in total. The van der Waals surface area contributed by atoms with Crippen LogP contribution in [0.1, 0.15) is 12.5 Å². The second kappa shape index (κ2) is 10.4. The van der Waals surface area contributed by atoms with Crippen LogP contribution in [0, 0.1) is 5.82 Å². The zero-order valence-corrected chi connectivity index (χ0v) is 15.2. The summed E-state index contributed by atoms with van der Waals surface area (Å²) in [5.41, 5.74) is 7.08. The lowest BCUT2D eigenvalue weighted by molar-refractivity contribution is 0.168. The van der Waals surface area contributed by atoms with Gasteiger partial charge in [-0.2, -0.15) is 0 Å². The fourth-order valence-electron chi connectivity index (χ4n) is 1.75. The fraction of sp³-hybridized carbons (Fsp3) is 0.200. The molecule has 0 atom stereocenters. The standard InChI is InChI=1S/C15H17FN4O2.H3O4P/c1-2-22-15(21)19-12-7-8-13(20-14(12)17)18-9-10-3-5-11(16)6-4-10;1-5(2,3)4/h3-8H,2,9H2,1H3,(H,19,21)(H3,17,18,20);(H3,1,2,3,4). The minimum atomic E-state index is -4.64. The number of halogens is 1. The first-order valence-corrected chi connectivity index (χ1v) is 9.12. The number of carbonyl (C=O) groups is 1. The molecule has 0 radical (unpaired) electrons. The number of aromatic nitrogens is 1. The Labute approximate surface area is 154 Å². The van der Waals surface area contributed by atoms with Gasteiger partial charge in [0.25, 0.3) is 0 Å². The van der Waals surface area contributed by atoms with E-state index in [2.05, 4.69) is 15.6 Å². The Morgan fingerprint density at radius 2 is 1.81 bits per heavy atom. The molecule has 12 heteroatoms. The van der Waals surface area contributed by atoms with Gasteiger partial charge in [-0.25, -0.2) is 18.7 Å². The van der Waals surface area contributed by atoms with E-state index < -0.39 is 13.9 Å². The van der Waals surface area contributed by atoms with Crippen LogP contribution >= 0.6 is 7.82 Å². The summed E-state index contributed by atoms with van der Waals surface area (Å²) in [5.74, 6) is 0.453. The van der Waals surface area contributed by atoms with Crippen molar-refractivity contribution < 1.29 is 33.2 Å². The molecule has 2 rings (SSSR count). The maximum atomic E-state index is 12.8. The van der Waals surface area contributed by atoms with E-state index in [0.29, 0.717) is 18.1 Å². The van der Waals surface area contributed by atoms with Crippen LogP contribution in [0.2, 0.25) is 0 Å². The Balaban J connectivity index is 0.000000646. The van der Waals surface area contributed by atoms with Gasteiger partial charge in [-0.3, -0.25) is 5.32 Å². The van der Waals surface area contributed by atoms with Gasteiger partial charge in [0.2, 0.25) is 0 Å². The van der Waals surface area contributed by atoms with Gasteiger partial charge in [0.15, 0.2) is 0 Å². The average molecular weight is 402 g/mol. The first-order valence-electron chi connectivity index (χ1n) is 7.55. The first kappa shape index (κ1) is 22.3. The van der Waals surface area contributed by atoms with Crippen molar-refractivity contribution in [3.05, 3.63) is 47.8 Å². The van der Waals surface area contributed by atoms with Gasteiger partial charge in [-0.15, -0.1) is 0 Å². The number of hydrogen-bond acceptors (Lipinski definition) is 6. The topological polar surface area (TPSA) is 167 Å². The largest absolute Gasteiger partial charge is 0.466 e. The Morgan fingerprint density at radius 3 is 2.33 bits per heavy atom. The SMILES string of the molecule is CCOC(=O)Nc1ccc(NCc2ccc(F)cc2)nc1N.O=P(O)(O)O. The van der Waals surface area contributed by atoms with Crippen molar-refractivity contribution in [1.29, 1.82) is 0 Å². The summed E-state index contributed by atoms with van der Waals surface area (Å²) in [6.45, 7) is 2.47. The number of ether oxygens (including phenoxy) is 1. The van der Waals surface area contributed by atoms with Crippen molar-refractivity contribution in [2.75, 3.05) is 23.0 Å². The quantitative estimate of drug-likeness (QED) is 0.410. The number of rotatable bonds is 5. The summed E-state index contributed by atoms with van der Waals surface area (Å²) < 4.78 is 26.5. The summed E-state index contributed by atoms with van der Waals surface area (Å²) in [4.78, 5) is 37.0. The van der Waals surface area contributed by atoms with Crippen LogP contribution in [0.25, 0.3) is 0 Å². The predicted molar refractivity (Wildman–Crippen MR) is 97.3 cm³/mol. The Bertz CT molecular complexity index is 791. The zero-order valence-electron chi connectivity index (χ0n) is 14.3. The molecule has 0 unspecified atom stereocenters. The van der Waals surface area contributed by atoms with Crippen LogP contribution in [0.3, 0.4) is 0 Å². The van der Waals surface area contributed by atoms with E-state index in [-0.39, 0.29) is 18.2 Å². The van der Waals surface area contributed by atoms with Gasteiger partial charge in [0, 0.05) is 6.54 Å². The number of nitrogens with two attached hydrogens (primary N) is 1. The molecule has 1 amide bonds. The molecule has 1 aromatic carbocycles. The second-order valence-corrected chi connectivity index (χ2v) is 5.99. The molecule has 0 fully saturated rings.